The first-order valence-corrected chi connectivity index (χ1v) is 14.7. The first-order valence-electron chi connectivity index (χ1n) is 12.5. The largest absolute Gasteiger partial charge is 0.497 e. The van der Waals surface area contributed by atoms with E-state index in [1.165, 1.54) is 89.9 Å². The molecule has 0 aromatic rings. The van der Waals surface area contributed by atoms with Crippen LogP contribution in [0.2, 0.25) is 6.55 Å². The Kier molecular flexibility index (Phi) is 31.9. The summed E-state index contributed by atoms with van der Waals surface area (Å²) in [7, 11) is 0.983. The summed E-state index contributed by atoms with van der Waals surface area (Å²) in [4.78, 5) is 0. The Hall–Kier alpha value is 0.347. The highest BCUT2D eigenvalue weighted by Crippen LogP contribution is 2.16. The van der Waals surface area contributed by atoms with Crippen molar-refractivity contribution < 1.29 is 13.3 Å². The van der Waals surface area contributed by atoms with E-state index in [1.807, 2.05) is 6.55 Å². The second-order valence-electron chi connectivity index (χ2n) is 8.37. The molecule has 0 amide bonds. The van der Waals surface area contributed by atoms with Crippen molar-refractivity contribution in [3.63, 3.8) is 0 Å². The molecule has 0 spiro atoms. The zero-order chi connectivity index (χ0) is 22.2. The summed E-state index contributed by atoms with van der Waals surface area (Å²) in [5.74, 6) is 0. The SMILES string of the molecule is CCCCCCCCCCCCCCCCC(C)O[Si](C)(OC)OC.CCCN.Cl. The summed E-state index contributed by atoms with van der Waals surface area (Å²) < 4.78 is 16.7. The first kappa shape index (κ1) is 34.9. The van der Waals surface area contributed by atoms with E-state index in [4.69, 9.17) is 19.0 Å². The molecule has 0 heterocycles. The number of rotatable bonds is 20. The fraction of sp³-hybridized carbons (Fsp3) is 1.00. The molecule has 4 nitrogen and oxygen atoms in total. The van der Waals surface area contributed by atoms with Crippen LogP contribution in [0.1, 0.15) is 124 Å². The van der Waals surface area contributed by atoms with Gasteiger partial charge in [-0.2, -0.15) is 0 Å². The van der Waals surface area contributed by atoms with Crippen LogP contribution in [0.15, 0.2) is 0 Å². The Labute approximate surface area is 197 Å². The minimum absolute atomic E-state index is 0. The number of hydrogen-bond donors (Lipinski definition) is 1. The first-order chi connectivity index (χ1) is 14.0. The lowest BCUT2D eigenvalue weighted by atomic mass is 10.0. The van der Waals surface area contributed by atoms with Crippen LogP contribution in [0, 0.1) is 0 Å². The van der Waals surface area contributed by atoms with Crippen molar-refractivity contribution in [3.05, 3.63) is 0 Å². The molecule has 0 radical (unpaired) electrons. The predicted octanol–water partition coefficient (Wildman–Crippen LogP) is 7.90. The van der Waals surface area contributed by atoms with Crippen molar-refractivity contribution in [2.24, 2.45) is 5.73 Å². The Morgan fingerprint density at radius 2 is 1.00 bits per heavy atom. The van der Waals surface area contributed by atoms with E-state index in [0.717, 1.165) is 19.4 Å². The number of nitrogens with two attached hydrogens (primary N) is 1. The molecule has 0 bridgehead atoms. The zero-order valence-electron chi connectivity index (χ0n) is 21.3. The molecule has 0 fully saturated rings. The maximum absolute atomic E-state index is 5.94. The summed E-state index contributed by atoms with van der Waals surface area (Å²) in [5, 5.41) is 0. The lowest BCUT2D eigenvalue weighted by molar-refractivity contribution is 0.0641. The molecule has 2 N–H and O–H groups in total. The average Bonchev–Trinajstić information content (AvgIpc) is 2.74. The molecule has 186 valence electrons. The molecule has 1 unspecified atom stereocenters. The molecule has 6 heteroatoms. The van der Waals surface area contributed by atoms with Crippen LogP contribution in [0.25, 0.3) is 0 Å². The van der Waals surface area contributed by atoms with Gasteiger partial charge in [-0.15, -0.1) is 12.4 Å². The van der Waals surface area contributed by atoms with Crippen molar-refractivity contribution in [3.8, 4) is 0 Å². The van der Waals surface area contributed by atoms with Crippen LogP contribution in [-0.4, -0.2) is 35.7 Å². The second kappa shape index (κ2) is 27.4. The van der Waals surface area contributed by atoms with E-state index in [-0.39, 0.29) is 18.5 Å². The summed E-state index contributed by atoms with van der Waals surface area (Å²) in [6, 6.07) is 0. The van der Waals surface area contributed by atoms with Crippen LogP contribution in [-0.2, 0) is 13.3 Å². The third kappa shape index (κ3) is 26.4. The maximum Gasteiger partial charge on any atom is 0.497 e. The average molecular weight is 470 g/mol. The number of halogens is 1. The maximum atomic E-state index is 5.94. The van der Waals surface area contributed by atoms with Gasteiger partial charge in [-0.25, -0.2) is 0 Å². The Morgan fingerprint density at radius 3 is 1.30 bits per heavy atom. The molecular formula is C24H56ClNO3Si. The van der Waals surface area contributed by atoms with E-state index in [0.29, 0.717) is 0 Å². The summed E-state index contributed by atoms with van der Waals surface area (Å²) >= 11 is 0. The molecule has 0 aromatic carbocycles. The highest BCUT2D eigenvalue weighted by molar-refractivity contribution is 6.59. The predicted molar refractivity (Wildman–Crippen MR) is 138 cm³/mol. The smallest absolute Gasteiger partial charge is 0.377 e. The zero-order valence-corrected chi connectivity index (χ0v) is 23.1. The second-order valence-corrected chi connectivity index (χ2v) is 11.1. The van der Waals surface area contributed by atoms with Gasteiger partial charge >= 0.3 is 8.80 Å². The van der Waals surface area contributed by atoms with E-state index in [9.17, 15) is 0 Å². The third-order valence-corrected chi connectivity index (χ3v) is 7.72. The molecule has 0 aliphatic heterocycles. The van der Waals surface area contributed by atoms with Gasteiger partial charge in [0, 0.05) is 26.9 Å². The molecule has 0 saturated heterocycles. The third-order valence-electron chi connectivity index (χ3n) is 5.41. The molecule has 1 atom stereocenters. The van der Waals surface area contributed by atoms with Crippen molar-refractivity contribution in [1.82, 2.24) is 0 Å². The van der Waals surface area contributed by atoms with Crippen LogP contribution in [0.3, 0.4) is 0 Å². The van der Waals surface area contributed by atoms with Gasteiger partial charge in [-0.1, -0.05) is 104 Å². The van der Waals surface area contributed by atoms with Gasteiger partial charge in [0.15, 0.2) is 0 Å². The molecular weight excluding hydrogens is 414 g/mol. The van der Waals surface area contributed by atoms with Gasteiger partial charge in [0.25, 0.3) is 0 Å². The molecule has 0 saturated carbocycles. The van der Waals surface area contributed by atoms with Crippen LogP contribution >= 0.6 is 12.4 Å². The summed E-state index contributed by atoms with van der Waals surface area (Å²) in [5.41, 5.74) is 5.03. The summed E-state index contributed by atoms with van der Waals surface area (Å²) in [6.07, 6.45) is 22.1. The van der Waals surface area contributed by atoms with E-state index >= 15 is 0 Å². The molecule has 30 heavy (non-hydrogen) atoms. The van der Waals surface area contributed by atoms with Crippen LogP contribution in [0.5, 0.6) is 0 Å². The fourth-order valence-electron chi connectivity index (χ4n) is 3.23. The van der Waals surface area contributed by atoms with E-state index in [2.05, 4.69) is 20.8 Å². The van der Waals surface area contributed by atoms with Crippen LogP contribution < -0.4 is 5.73 Å². The molecule has 0 aliphatic carbocycles. The highest BCUT2D eigenvalue weighted by Gasteiger charge is 2.33. The topological polar surface area (TPSA) is 53.7 Å². The minimum atomic E-state index is -2.37. The number of hydrogen-bond acceptors (Lipinski definition) is 4. The Morgan fingerprint density at radius 1 is 0.667 bits per heavy atom. The monoisotopic (exact) mass is 469 g/mol. The van der Waals surface area contributed by atoms with Crippen molar-refractivity contribution >= 4 is 21.2 Å². The Bertz CT molecular complexity index is 306. The number of unbranched alkanes of at least 4 members (excludes halogenated alkanes) is 13. The van der Waals surface area contributed by atoms with Gasteiger partial charge in [-0.3, -0.25) is 0 Å². The standard InChI is InChI=1S/C21H46O3Si.C3H9N.ClH/c1-6-7-8-9-10-11-12-13-14-15-16-17-18-19-20-21(2)24-25(5,22-3)23-4;1-2-3-4;/h21H,6-20H2,1-5H3;2-4H2,1H3;1H. The van der Waals surface area contributed by atoms with E-state index < -0.39 is 8.80 Å². The van der Waals surface area contributed by atoms with Crippen molar-refractivity contribution in [1.29, 1.82) is 0 Å². The molecule has 0 rings (SSSR count). The van der Waals surface area contributed by atoms with E-state index in [1.54, 1.807) is 14.2 Å². The molecule has 0 aliphatic rings. The normalized spacial score (nSPS) is 12.1. The van der Waals surface area contributed by atoms with Gasteiger partial charge < -0.3 is 19.0 Å². The lowest BCUT2D eigenvalue weighted by Gasteiger charge is -2.26. The highest BCUT2D eigenvalue weighted by atomic mass is 35.5. The van der Waals surface area contributed by atoms with Crippen molar-refractivity contribution in [2.75, 3.05) is 20.8 Å². The minimum Gasteiger partial charge on any atom is -0.377 e. The quantitative estimate of drug-likeness (QED) is 0.145. The van der Waals surface area contributed by atoms with Gasteiger partial charge in [0.05, 0.1) is 0 Å². The van der Waals surface area contributed by atoms with Gasteiger partial charge in [0.2, 0.25) is 0 Å². The molecule has 0 aromatic heterocycles. The summed E-state index contributed by atoms with van der Waals surface area (Å²) in [6.45, 7) is 9.24. The van der Waals surface area contributed by atoms with Crippen LogP contribution in [0.4, 0.5) is 0 Å². The van der Waals surface area contributed by atoms with Gasteiger partial charge in [0.1, 0.15) is 0 Å². The fourth-order valence-corrected chi connectivity index (χ4v) is 4.44. The van der Waals surface area contributed by atoms with Gasteiger partial charge in [-0.05, 0) is 26.3 Å². The van der Waals surface area contributed by atoms with Crippen molar-refractivity contribution in [2.45, 2.75) is 136 Å². The Balaban J connectivity index is -0.00000133. The lowest BCUT2D eigenvalue weighted by Crippen LogP contribution is -2.42.